The highest BCUT2D eigenvalue weighted by atomic mass is 16.1. The zero-order valence-electron chi connectivity index (χ0n) is 11.6. The Bertz CT molecular complexity index is 551. The molecule has 20 heavy (non-hydrogen) atoms. The third-order valence-corrected chi connectivity index (χ3v) is 3.19. The lowest BCUT2D eigenvalue weighted by atomic mass is 10.1. The first kappa shape index (κ1) is 14.3. The van der Waals surface area contributed by atoms with E-state index in [0.29, 0.717) is 13.0 Å². The summed E-state index contributed by atoms with van der Waals surface area (Å²) in [5.41, 5.74) is 7.77. The maximum atomic E-state index is 11.8. The number of carbonyl (C=O) groups excluding carboxylic acids is 1. The molecule has 0 aliphatic carbocycles. The molecule has 106 valence electrons. The van der Waals surface area contributed by atoms with Crippen molar-refractivity contribution in [2.45, 2.75) is 32.4 Å². The minimum Gasteiger partial charge on any atom is -0.352 e. The first-order chi connectivity index (χ1) is 9.70. The van der Waals surface area contributed by atoms with Crippen LogP contribution in [0, 0.1) is 0 Å². The van der Waals surface area contributed by atoms with Crippen molar-refractivity contribution < 1.29 is 4.79 Å². The number of nitrogens with zero attached hydrogens (tertiary/aromatic N) is 2. The van der Waals surface area contributed by atoms with Crippen LogP contribution in [0.25, 0.3) is 5.69 Å². The fourth-order valence-electron chi connectivity index (χ4n) is 1.94. The van der Waals surface area contributed by atoms with Crippen LogP contribution in [0.3, 0.4) is 0 Å². The number of hydrogen-bond acceptors (Lipinski definition) is 3. The number of para-hydroxylation sites is 1. The maximum Gasteiger partial charge on any atom is 0.221 e. The van der Waals surface area contributed by atoms with Crippen molar-refractivity contribution >= 4 is 5.91 Å². The molecule has 2 rings (SSSR count). The summed E-state index contributed by atoms with van der Waals surface area (Å²) in [6, 6.07) is 9.66. The monoisotopic (exact) mass is 272 g/mol. The number of benzene rings is 1. The summed E-state index contributed by atoms with van der Waals surface area (Å²) >= 11 is 0. The van der Waals surface area contributed by atoms with E-state index in [1.165, 1.54) is 0 Å². The van der Waals surface area contributed by atoms with E-state index in [2.05, 4.69) is 10.4 Å². The molecule has 5 heteroatoms. The SMILES string of the molecule is CCC(N)CC(=O)NCc1ccccc1-n1cccn1. The van der Waals surface area contributed by atoms with Crippen molar-refractivity contribution in [2.75, 3.05) is 0 Å². The van der Waals surface area contributed by atoms with Gasteiger partial charge in [-0.25, -0.2) is 4.68 Å². The number of hydrogen-bond donors (Lipinski definition) is 2. The van der Waals surface area contributed by atoms with Crippen LogP contribution in [0.15, 0.2) is 42.7 Å². The average molecular weight is 272 g/mol. The Hall–Kier alpha value is -2.14. The second-order valence-corrected chi connectivity index (χ2v) is 4.73. The lowest BCUT2D eigenvalue weighted by Gasteiger charge is -2.12. The van der Waals surface area contributed by atoms with Crippen LogP contribution < -0.4 is 11.1 Å². The van der Waals surface area contributed by atoms with E-state index < -0.39 is 0 Å². The summed E-state index contributed by atoms with van der Waals surface area (Å²) in [7, 11) is 0. The molecule has 1 heterocycles. The second kappa shape index (κ2) is 6.86. The van der Waals surface area contributed by atoms with Crippen molar-refractivity contribution in [3.63, 3.8) is 0 Å². The quantitative estimate of drug-likeness (QED) is 0.839. The molecule has 0 aliphatic heterocycles. The van der Waals surface area contributed by atoms with Gasteiger partial charge < -0.3 is 11.1 Å². The zero-order chi connectivity index (χ0) is 14.4. The minimum atomic E-state index is -0.0728. The molecular weight excluding hydrogens is 252 g/mol. The first-order valence-electron chi connectivity index (χ1n) is 6.81. The van der Waals surface area contributed by atoms with Crippen LogP contribution in [0.5, 0.6) is 0 Å². The van der Waals surface area contributed by atoms with Crippen LogP contribution in [0.1, 0.15) is 25.3 Å². The van der Waals surface area contributed by atoms with Crippen LogP contribution in [-0.2, 0) is 11.3 Å². The number of nitrogens with one attached hydrogen (secondary N) is 1. The van der Waals surface area contributed by atoms with Crippen molar-refractivity contribution in [1.29, 1.82) is 0 Å². The van der Waals surface area contributed by atoms with Gasteiger partial charge in [0.2, 0.25) is 5.91 Å². The van der Waals surface area contributed by atoms with Crippen molar-refractivity contribution in [3.05, 3.63) is 48.3 Å². The van der Waals surface area contributed by atoms with Crippen molar-refractivity contribution in [2.24, 2.45) is 5.73 Å². The van der Waals surface area contributed by atoms with Crippen LogP contribution in [0.2, 0.25) is 0 Å². The highest BCUT2D eigenvalue weighted by Crippen LogP contribution is 2.13. The summed E-state index contributed by atoms with van der Waals surface area (Å²) in [6.07, 6.45) is 4.78. The molecule has 0 radical (unpaired) electrons. The van der Waals surface area contributed by atoms with E-state index in [-0.39, 0.29) is 11.9 Å². The van der Waals surface area contributed by atoms with Gasteiger partial charge in [-0.15, -0.1) is 0 Å². The third kappa shape index (κ3) is 3.68. The van der Waals surface area contributed by atoms with E-state index in [4.69, 9.17) is 5.73 Å². The Balaban J connectivity index is 2.02. The van der Waals surface area contributed by atoms with Gasteiger partial charge in [0.05, 0.1) is 5.69 Å². The van der Waals surface area contributed by atoms with Gasteiger partial charge in [0, 0.05) is 31.4 Å². The molecule has 1 aromatic carbocycles. The summed E-state index contributed by atoms with van der Waals surface area (Å²) in [5.74, 6) is -0.0189. The molecule has 0 spiro atoms. The second-order valence-electron chi connectivity index (χ2n) is 4.73. The molecule has 2 aromatic rings. The lowest BCUT2D eigenvalue weighted by molar-refractivity contribution is -0.121. The lowest BCUT2D eigenvalue weighted by Crippen LogP contribution is -2.31. The molecule has 1 unspecified atom stereocenters. The number of nitrogens with two attached hydrogens (primary N) is 1. The Morgan fingerprint density at radius 3 is 2.90 bits per heavy atom. The predicted octanol–water partition coefficient (Wildman–Crippen LogP) is 1.62. The van der Waals surface area contributed by atoms with E-state index in [1.807, 2.05) is 43.5 Å². The van der Waals surface area contributed by atoms with E-state index in [9.17, 15) is 4.79 Å². The highest BCUT2D eigenvalue weighted by molar-refractivity contribution is 5.76. The smallest absolute Gasteiger partial charge is 0.221 e. The van der Waals surface area contributed by atoms with Crippen molar-refractivity contribution in [1.82, 2.24) is 15.1 Å². The summed E-state index contributed by atoms with van der Waals surface area (Å²) in [4.78, 5) is 11.8. The molecule has 0 fully saturated rings. The molecule has 0 saturated carbocycles. The fraction of sp³-hybridized carbons (Fsp3) is 0.333. The topological polar surface area (TPSA) is 72.9 Å². The van der Waals surface area contributed by atoms with Gasteiger partial charge >= 0.3 is 0 Å². The van der Waals surface area contributed by atoms with Crippen LogP contribution in [0.4, 0.5) is 0 Å². The fourth-order valence-corrected chi connectivity index (χ4v) is 1.94. The molecule has 5 nitrogen and oxygen atoms in total. The Morgan fingerprint density at radius 1 is 1.40 bits per heavy atom. The Labute approximate surface area is 118 Å². The summed E-state index contributed by atoms with van der Waals surface area (Å²) in [6.45, 7) is 2.45. The number of amides is 1. The minimum absolute atomic E-state index is 0.0189. The third-order valence-electron chi connectivity index (χ3n) is 3.19. The Kier molecular flexibility index (Phi) is 4.90. The first-order valence-corrected chi connectivity index (χ1v) is 6.81. The van der Waals surface area contributed by atoms with Gasteiger partial charge in [0.25, 0.3) is 0 Å². The van der Waals surface area contributed by atoms with Crippen molar-refractivity contribution in [3.8, 4) is 5.69 Å². The molecule has 1 atom stereocenters. The van der Waals surface area contributed by atoms with Gasteiger partial charge in [-0.3, -0.25) is 4.79 Å². The Morgan fingerprint density at radius 2 is 2.20 bits per heavy atom. The van der Waals surface area contributed by atoms with E-state index >= 15 is 0 Å². The van der Waals surface area contributed by atoms with E-state index in [0.717, 1.165) is 17.7 Å². The molecule has 1 aromatic heterocycles. The molecule has 0 saturated heterocycles. The van der Waals surface area contributed by atoms with Gasteiger partial charge in [-0.2, -0.15) is 5.10 Å². The van der Waals surface area contributed by atoms with Gasteiger partial charge in [-0.1, -0.05) is 25.1 Å². The van der Waals surface area contributed by atoms with E-state index in [1.54, 1.807) is 10.9 Å². The average Bonchev–Trinajstić information content (AvgIpc) is 2.99. The van der Waals surface area contributed by atoms with Gasteiger partial charge in [-0.05, 0) is 24.1 Å². The zero-order valence-corrected chi connectivity index (χ0v) is 11.6. The predicted molar refractivity (Wildman–Crippen MR) is 78.3 cm³/mol. The van der Waals surface area contributed by atoms with Crippen LogP contribution in [-0.4, -0.2) is 21.7 Å². The summed E-state index contributed by atoms with van der Waals surface area (Å²) < 4.78 is 1.79. The molecule has 0 bridgehead atoms. The van der Waals surface area contributed by atoms with Gasteiger partial charge in [0.1, 0.15) is 0 Å². The molecule has 0 aliphatic rings. The maximum absolute atomic E-state index is 11.8. The largest absolute Gasteiger partial charge is 0.352 e. The molecular formula is C15H20N4O. The highest BCUT2D eigenvalue weighted by Gasteiger charge is 2.09. The normalized spacial score (nSPS) is 12.1. The van der Waals surface area contributed by atoms with Crippen LogP contribution >= 0.6 is 0 Å². The molecule has 1 amide bonds. The standard InChI is InChI=1S/C15H20N4O/c1-2-13(16)10-15(20)17-11-12-6-3-4-7-14(12)19-9-5-8-18-19/h3-9,13H,2,10-11,16H2,1H3,(H,17,20). The number of rotatable bonds is 6. The number of aromatic nitrogens is 2. The summed E-state index contributed by atoms with van der Waals surface area (Å²) in [5, 5.41) is 7.13. The van der Waals surface area contributed by atoms with Gasteiger partial charge in [0.15, 0.2) is 0 Å². The number of carbonyl (C=O) groups is 1. The molecule has 3 N–H and O–H groups in total.